The van der Waals surface area contributed by atoms with Crippen LogP contribution in [0.1, 0.15) is 0 Å². The molecular weight excluding hydrogens is 194 g/mol. The Kier molecular flexibility index (Phi) is 1.49. The predicted octanol–water partition coefficient (Wildman–Crippen LogP) is 0.413. The van der Waals surface area contributed by atoms with Gasteiger partial charge in [0, 0.05) is 12.4 Å². The number of aromatic nitrogens is 5. The van der Waals surface area contributed by atoms with Gasteiger partial charge in [0.2, 0.25) is 0 Å². The number of hydrogen-bond donors (Lipinski definition) is 2. The second-order valence-corrected chi connectivity index (χ2v) is 3.12. The Bertz CT molecular complexity index is 629. The molecule has 0 saturated carbocycles. The molecule has 15 heavy (non-hydrogen) atoms. The van der Waals surface area contributed by atoms with E-state index in [0.29, 0.717) is 11.5 Å². The van der Waals surface area contributed by atoms with Crippen molar-refractivity contribution in [2.45, 2.75) is 0 Å². The molecule has 0 spiro atoms. The number of nitrogens with one attached hydrogen (secondary N) is 2. The molecule has 0 radical (unpaired) electrons. The number of nitrogens with zero attached hydrogens (tertiary/aromatic N) is 3. The molecule has 0 aliphatic rings. The van der Waals surface area contributed by atoms with E-state index in [-0.39, 0.29) is 5.69 Å². The highest BCUT2D eigenvalue weighted by Crippen LogP contribution is 2.12. The maximum Gasteiger partial charge on any atom is 0.340 e. The second-order valence-electron chi connectivity index (χ2n) is 3.12. The minimum absolute atomic E-state index is 0.331. The van der Waals surface area contributed by atoms with Crippen LogP contribution in [0.4, 0.5) is 0 Å². The smallest absolute Gasteiger partial charge is 0.306 e. The molecule has 6 heteroatoms. The average Bonchev–Trinajstić information content (AvgIpc) is 2.82. The van der Waals surface area contributed by atoms with Crippen LogP contribution in [0, 0.1) is 0 Å². The molecule has 0 aliphatic carbocycles. The van der Waals surface area contributed by atoms with Gasteiger partial charge in [0.05, 0.1) is 0 Å². The topological polar surface area (TPSA) is 78.8 Å². The molecule has 0 aromatic carbocycles. The SMILES string of the molecule is O=c1[nH]nc(-c2cn3ccccc3n2)[nH]1. The maximum absolute atomic E-state index is 10.9. The van der Waals surface area contributed by atoms with Crippen LogP contribution in [0.25, 0.3) is 17.2 Å². The molecule has 0 saturated heterocycles. The van der Waals surface area contributed by atoms with Crippen LogP contribution in [-0.2, 0) is 0 Å². The Morgan fingerprint density at radius 2 is 2.27 bits per heavy atom. The van der Waals surface area contributed by atoms with Crippen LogP contribution in [-0.4, -0.2) is 24.6 Å². The fourth-order valence-corrected chi connectivity index (χ4v) is 1.44. The third-order valence-corrected chi connectivity index (χ3v) is 2.11. The lowest BCUT2D eigenvalue weighted by atomic mass is 10.5. The highest BCUT2D eigenvalue weighted by molar-refractivity contribution is 5.54. The standard InChI is InChI=1S/C9H7N5O/c15-9-11-8(12-13-9)6-5-14-4-2-1-3-7(14)10-6/h1-5H,(H2,11,12,13,15). The molecule has 0 bridgehead atoms. The number of fused-ring (bicyclic) bond motifs is 1. The van der Waals surface area contributed by atoms with Crippen molar-refractivity contribution in [2.24, 2.45) is 0 Å². The van der Waals surface area contributed by atoms with Crippen molar-refractivity contribution in [2.75, 3.05) is 0 Å². The zero-order valence-corrected chi connectivity index (χ0v) is 7.64. The van der Waals surface area contributed by atoms with Gasteiger partial charge in [-0.1, -0.05) is 6.07 Å². The number of aromatic amines is 2. The molecule has 0 fully saturated rings. The Hall–Kier alpha value is -2.37. The third-order valence-electron chi connectivity index (χ3n) is 2.11. The van der Waals surface area contributed by atoms with E-state index in [9.17, 15) is 4.79 Å². The van der Waals surface area contributed by atoms with Gasteiger partial charge in [0.1, 0.15) is 11.3 Å². The van der Waals surface area contributed by atoms with Crippen LogP contribution < -0.4 is 5.69 Å². The van der Waals surface area contributed by atoms with E-state index >= 15 is 0 Å². The first-order valence-corrected chi connectivity index (χ1v) is 4.42. The number of hydrogen-bond acceptors (Lipinski definition) is 3. The van der Waals surface area contributed by atoms with Gasteiger partial charge < -0.3 is 4.40 Å². The summed E-state index contributed by atoms with van der Waals surface area (Å²) in [6, 6.07) is 5.69. The minimum atomic E-state index is -0.331. The summed E-state index contributed by atoms with van der Waals surface area (Å²) in [5, 5.41) is 6.11. The van der Waals surface area contributed by atoms with Crippen LogP contribution in [0.15, 0.2) is 35.4 Å². The third kappa shape index (κ3) is 1.23. The van der Waals surface area contributed by atoms with Crippen LogP contribution in [0.3, 0.4) is 0 Å². The monoisotopic (exact) mass is 201 g/mol. The van der Waals surface area contributed by atoms with Crippen molar-refractivity contribution in [1.82, 2.24) is 24.6 Å². The van der Waals surface area contributed by atoms with E-state index in [2.05, 4.69) is 20.2 Å². The van der Waals surface area contributed by atoms with Crippen molar-refractivity contribution in [1.29, 1.82) is 0 Å². The Labute approximate surface area is 83.6 Å². The summed E-state index contributed by atoms with van der Waals surface area (Å²) < 4.78 is 1.86. The second kappa shape index (κ2) is 2.81. The number of H-pyrrole nitrogens is 2. The van der Waals surface area contributed by atoms with Crippen LogP contribution >= 0.6 is 0 Å². The van der Waals surface area contributed by atoms with Gasteiger partial charge in [0.15, 0.2) is 5.82 Å². The molecule has 0 amide bonds. The Morgan fingerprint density at radius 3 is 3.00 bits per heavy atom. The lowest BCUT2D eigenvalue weighted by molar-refractivity contribution is 1.05. The summed E-state index contributed by atoms with van der Waals surface area (Å²) >= 11 is 0. The van der Waals surface area contributed by atoms with E-state index in [1.807, 2.05) is 28.8 Å². The molecule has 74 valence electrons. The molecule has 3 rings (SSSR count). The molecule has 2 N–H and O–H groups in total. The fraction of sp³-hybridized carbons (Fsp3) is 0. The largest absolute Gasteiger partial charge is 0.340 e. The van der Waals surface area contributed by atoms with E-state index in [1.165, 1.54) is 0 Å². The Balaban J connectivity index is 2.24. The number of imidazole rings is 1. The quantitative estimate of drug-likeness (QED) is 0.598. The van der Waals surface area contributed by atoms with E-state index in [4.69, 9.17) is 0 Å². The van der Waals surface area contributed by atoms with Crippen LogP contribution in [0.2, 0.25) is 0 Å². The summed E-state index contributed by atoms with van der Waals surface area (Å²) in [7, 11) is 0. The molecule has 3 heterocycles. The summed E-state index contributed by atoms with van der Waals surface area (Å²) in [6.07, 6.45) is 3.69. The summed E-state index contributed by atoms with van der Waals surface area (Å²) in [4.78, 5) is 17.7. The molecule has 3 aromatic rings. The molecule has 3 aromatic heterocycles. The molecule has 0 unspecified atom stereocenters. The summed E-state index contributed by atoms with van der Waals surface area (Å²) in [6.45, 7) is 0. The van der Waals surface area contributed by atoms with Gasteiger partial charge in [-0.25, -0.2) is 14.9 Å². The molecule has 0 aliphatic heterocycles. The van der Waals surface area contributed by atoms with Crippen LogP contribution in [0.5, 0.6) is 0 Å². The van der Waals surface area contributed by atoms with E-state index in [0.717, 1.165) is 5.65 Å². The van der Waals surface area contributed by atoms with Gasteiger partial charge in [-0.3, -0.25) is 4.98 Å². The predicted molar refractivity (Wildman–Crippen MR) is 53.4 cm³/mol. The van der Waals surface area contributed by atoms with Gasteiger partial charge in [0.25, 0.3) is 0 Å². The van der Waals surface area contributed by atoms with Gasteiger partial charge in [-0.2, -0.15) is 5.10 Å². The van der Waals surface area contributed by atoms with Gasteiger partial charge >= 0.3 is 5.69 Å². The average molecular weight is 201 g/mol. The van der Waals surface area contributed by atoms with Crippen molar-refractivity contribution in [3.8, 4) is 11.5 Å². The van der Waals surface area contributed by atoms with Gasteiger partial charge in [-0.15, -0.1) is 0 Å². The molecule has 0 atom stereocenters. The molecule has 6 nitrogen and oxygen atoms in total. The fourth-order valence-electron chi connectivity index (χ4n) is 1.44. The first-order chi connectivity index (χ1) is 7.33. The zero-order valence-electron chi connectivity index (χ0n) is 7.64. The van der Waals surface area contributed by atoms with Crippen molar-refractivity contribution >= 4 is 5.65 Å². The zero-order chi connectivity index (χ0) is 10.3. The van der Waals surface area contributed by atoms with Crippen molar-refractivity contribution in [3.05, 3.63) is 41.1 Å². The first kappa shape index (κ1) is 7.98. The van der Waals surface area contributed by atoms with E-state index < -0.39 is 0 Å². The molecular formula is C9H7N5O. The van der Waals surface area contributed by atoms with Gasteiger partial charge in [-0.05, 0) is 12.1 Å². The first-order valence-electron chi connectivity index (χ1n) is 4.42. The normalized spacial score (nSPS) is 10.9. The lowest BCUT2D eigenvalue weighted by Crippen LogP contribution is -2.00. The summed E-state index contributed by atoms with van der Waals surface area (Å²) in [5.41, 5.74) is 1.12. The highest BCUT2D eigenvalue weighted by Gasteiger charge is 2.06. The maximum atomic E-state index is 10.9. The Morgan fingerprint density at radius 1 is 1.33 bits per heavy atom. The van der Waals surface area contributed by atoms with E-state index in [1.54, 1.807) is 6.20 Å². The highest BCUT2D eigenvalue weighted by atomic mass is 16.1. The van der Waals surface area contributed by atoms with Crippen molar-refractivity contribution in [3.63, 3.8) is 0 Å². The number of pyridine rings is 1. The summed E-state index contributed by atoms with van der Waals surface area (Å²) in [5.74, 6) is 0.448. The number of rotatable bonds is 1. The van der Waals surface area contributed by atoms with Crippen molar-refractivity contribution < 1.29 is 0 Å². The lowest BCUT2D eigenvalue weighted by Gasteiger charge is -1.86. The minimum Gasteiger partial charge on any atom is -0.306 e.